The zero-order chi connectivity index (χ0) is 18.5. The van der Waals surface area contributed by atoms with Crippen molar-refractivity contribution in [3.8, 4) is 0 Å². The highest BCUT2D eigenvalue weighted by Gasteiger charge is 2.19. The average Bonchev–Trinajstić information content (AvgIpc) is 3.18. The molecule has 3 aromatic rings. The van der Waals surface area contributed by atoms with Crippen LogP contribution in [0.1, 0.15) is 26.5 Å². The van der Waals surface area contributed by atoms with E-state index >= 15 is 0 Å². The molecule has 0 aliphatic heterocycles. The van der Waals surface area contributed by atoms with Crippen LogP contribution in [0.15, 0.2) is 71.3 Å². The minimum atomic E-state index is -0.289. The molecule has 26 heavy (non-hydrogen) atoms. The number of amides is 2. The molecular formula is C20H17ClN2O3. The number of carbonyl (C=O) groups excluding carboxylic acids is 2. The van der Waals surface area contributed by atoms with Gasteiger partial charge in [0.25, 0.3) is 11.8 Å². The molecule has 0 bridgehead atoms. The molecule has 0 unspecified atom stereocenters. The van der Waals surface area contributed by atoms with Crippen LogP contribution in [0, 0.1) is 0 Å². The Morgan fingerprint density at radius 3 is 2.62 bits per heavy atom. The van der Waals surface area contributed by atoms with Gasteiger partial charge < -0.3 is 14.6 Å². The van der Waals surface area contributed by atoms with Crippen molar-refractivity contribution in [1.29, 1.82) is 0 Å². The first kappa shape index (κ1) is 17.8. The van der Waals surface area contributed by atoms with Gasteiger partial charge in [0.1, 0.15) is 5.76 Å². The summed E-state index contributed by atoms with van der Waals surface area (Å²) in [5.41, 5.74) is 1.36. The molecule has 1 aromatic heterocycles. The minimum Gasteiger partial charge on any atom is -0.467 e. The van der Waals surface area contributed by atoms with Crippen LogP contribution in [0.25, 0.3) is 0 Å². The van der Waals surface area contributed by atoms with E-state index in [-0.39, 0.29) is 18.4 Å². The first-order valence-electron chi connectivity index (χ1n) is 7.99. The summed E-state index contributed by atoms with van der Waals surface area (Å²) in [5.74, 6) is 0.112. The topological polar surface area (TPSA) is 62.6 Å². The lowest BCUT2D eigenvalue weighted by Gasteiger charge is -2.20. The number of rotatable bonds is 5. The smallest absolute Gasteiger partial charge is 0.258 e. The number of carbonyl (C=O) groups is 2. The molecule has 2 amide bonds. The average molecular weight is 369 g/mol. The summed E-state index contributed by atoms with van der Waals surface area (Å²) in [5, 5.41) is 3.27. The second-order valence-electron chi connectivity index (χ2n) is 5.65. The number of nitrogens with zero attached hydrogens (tertiary/aromatic N) is 1. The van der Waals surface area contributed by atoms with Gasteiger partial charge in [-0.25, -0.2) is 0 Å². The molecule has 3 rings (SSSR count). The number of nitrogens with one attached hydrogen (secondary N) is 1. The normalized spacial score (nSPS) is 10.4. The predicted octanol–water partition coefficient (Wildman–Crippen LogP) is 4.14. The van der Waals surface area contributed by atoms with Gasteiger partial charge in [0.05, 0.1) is 24.1 Å². The van der Waals surface area contributed by atoms with Crippen LogP contribution in [0.3, 0.4) is 0 Å². The SMILES string of the molecule is CN(C(=O)c1cccc(Cl)c1)c1ccccc1C(=O)NCc1ccco1. The maximum absolute atomic E-state index is 12.7. The van der Waals surface area contributed by atoms with E-state index in [1.807, 2.05) is 0 Å². The van der Waals surface area contributed by atoms with Gasteiger partial charge >= 0.3 is 0 Å². The maximum atomic E-state index is 12.7. The Kier molecular flexibility index (Phi) is 5.39. The van der Waals surface area contributed by atoms with Gasteiger partial charge in [0.2, 0.25) is 0 Å². The molecule has 1 heterocycles. The van der Waals surface area contributed by atoms with E-state index in [1.54, 1.807) is 74.0 Å². The van der Waals surface area contributed by atoms with Gasteiger partial charge in [0, 0.05) is 17.6 Å². The molecule has 2 aromatic carbocycles. The molecule has 132 valence electrons. The van der Waals surface area contributed by atoms with E-state index in [2.05, 4.69) is 5.32 Å². The van der Waals surface area contributed by atoms with E-state index in [0.29, 0.717) is 27.6 Å². The maximum Gasteiger partial charge on any atom is 0.258 e. The Bertz CT molecular complexity index is 922. The van der Waals surface area contributed by atoms with E-state index in [4.69, 9.17) is 16.0 Å². The van der Waals surface area contributed by atoms with Crippen molar-refractivity contribution in [3.05, 3.63) is 88.8 Å². The van der Waals surface area contributed by atoms with Crippen molar-refractivity contribution in [3.63, 3.8) is 0 Å². The Morgan fingerprint density at radius 2 is 1.88 bits per heavy atom. The quantitative estimate of drug-likeness (QED) is 0.736. The van der Waals surface area contributed by atoms with E-state index in [0.717, 1.165) is 0 Å². The number of benzene rings is 2. The summed E-state index contributed by atoms with van der Waals surface area (Å²) in [6.45, 7) is 0.270. The monoisotopic (exact) mass is 368 g/mol. The largest absolute Gasteiger partial charge is 0.467 e. The first-order valence-corrected chi connectivity index (χ1v) is 8.37. The standard InChI is InChI=1S/C20H17ClN2O3/c1-23(20(25)14-6-4-7-15(21)12-14)18-10-3-2-9-17(18)19(24)22-13-16-8-5-11-26-16/h2-12H,13H2,1H3,(H,22,24). The van der Waals surface area contributed by atoms with Gasteiger partial charge in [-0.2, -0.15) is 0 Å². The molecule has 5 nitrogen and oxygen atoms in total. The summed E-state index contributed by atoms with van der Waals surface area (Å²) in [4.78, 5) is 26.7. The van der Waals surface area contributed by atoms with Crippen LogP contribution in [-0.2, 0) is 6.54 Å². The van der Waals surface area contributed by atoms with Crippen molar-refractivity contribution in [2.45, 2.75) is 6.54 Å². The van der Waals surface area contributed by atoms with Gasteiger partial charge in [0.15, 0.2) is 0 Å². The number of halogens is 1. The van der Waals surface area contributed by atoms with Crippen LogP contribution >= 0.6 is 11.6 Å². The summed E-state index contributed by atoms with van der Waals surface area (Å²) in [7, 11) is 1.63. The Balaban J connectivity index is 1.81. The number of anilines is 1. The second kappa shape index (κ2) is 7.89. The van der Waals surface area contributed by atoms with Crippen LogP contribution in [-0.4, -0.2) is 18.9 Å². The molecule has 6 heteroatoms. The molecule has 0 radical (unpaired) electrons. The molecule has 0 saturated carbocycles. The van der Waals surface area contributed by atoms with Crippen molar-refractivity contribution in [2.24, 2.45) is 0 Å². The third-order valence-corrected chi connectivity index (χ3v) is 4.12. The Labute approximate surface area is 156 Å². The van der Waals surface area contributed by atoms with Gasteiger partial charge in [-0.1, -0.05) is 29.8 Å². The Hall–Kier alpha value is -3.05. The number of hydrogen-bond acceptors (Lipinski definition) is 3. The van der Waals surface area contributed by atoms with Crippen LogP contribution in [0.4, 0.5) is 5.69 Å². The van der Waals surface area contributed by atoms with Crippen molar-refractivity contribution in [1.82, 2.24) is 5.32 Å². The van der Waals surface area contributed by atoms with Gasteiger partial charge in [-0.15, -0.1) is 0 Å². The van der Waals surface area contributed by atoms with Crippen molar-refractivity contribution >= 4 is 29.1 Å². The lowest BCUT2D eigenvalue weighted by atomic mass is 10.1. The van der Waals surface area contributed by atoms with E-state index < -0.39 is 0 Å². The fraction of sp³-hybridized carbons (Fsp3) is 0.100. The molecule has 0 fully saturated rings. The molecule has 0 aliphatic rings. The summed E-state index contributed by atoms with van der Waals surface area (Å²) < 4.78 is 5.21. The molecule has 0 saturated heterocycles. The minimum absolute atomic E-state index is 0.251. The number of hydrogen-bond donors (Lipinski definition) is 1. The number of furan rings is 1. The van der Waals surface area contributed by atoms with Crippen molar-refractivity contribution in [2.75, 3.05) is 11.9 Å². The van der Waals surface area contributed by atoms with Gasteiger partial charge in [-0.05, 0) is 42.5 Å². The van der Waals surface area contributed by atoms with Crippen LogP contribution < -0.4 is 10.2 Å². The van der Waals surface area contributed by atoms with E-state index in [1.165, 1.54) is 4.90 Å². The fourth-order valence-electron chi connectivity index (χ4n) is 2.56. The van der Waals surface area contributed by atoms with Crippen LogP contribution in [0.2, 0.25) is 5.02 Å². The summed E-state index contributed by atoms with van der Waals surface area (Å²) >= 11 is 5.97. The van der Waals surface area contributed by atoms with Crippen LogP contribution in [0.5, 0.6) is 0 Å². The third kappa shape index (κ3) is 3.95. The molecule has 0 aliphatic carbocycles. The van der Waals surface area contributed by atoms with Crippen molar-refractivity contribution < 1.29 is 14.0 Å². The summed E-state index contributed by atoms with van der Waals surface area (Å²) in [6, 6.07) is 17.2. The first-order chi connectivity index (χ1) is 12.6. The molecule has 0 atom stereocenters. The molecule has 0 spiro atoms. The summed E-state index contributed by atoms with van der Waals surface area (Å²) in [6.07, 6.45) is 1.55. The Morgan fingerprint density at radius 1 is 1.08 bits per heavy atom. The number of para-hydroxylation sites is 1. The lowest BCUT2D eigenvalue weighted by Crippen LogP contribution is -2.30. The molecule has 1 N–H and O–H groups in total. The van der Waals surface area contributed by atoms with Gasteiger partial charge in [-0.3, -0.25) is 9.59 Å². The second-order valence-corrected chi connectivity index (χ2v) is 6.09. The predicted molar refractivity (Wildman–Crippen MR) is 101 cm³/mol. The van der Waals surface area contributed by atoms with E-state index in [9.17, 15) is 9.59 Å². The highest BCUT2D eigenvalue weighted by Crippen LogP contribution is 2.22. The highest BCUT2D eigenvalue weighted by atomic mass is 35.5. The lowest BCUT2D eigenvalue weighted by molar-refractivity contribution is 0.0948. The zero-order valence-corrected chi connectivity index (χ0v) is 14.9. The highest BCUT2D eigenvalue weighted by molar-refractivity contribution is 6.31. The zero-order valence-electron chi connectivity index (χ0n) is 14.1. The fourth-order valence-corrected chi connectivity index (χ4v) is 2.75. The molecular weight excluding hydrogens is 352 g/mol. The third-order valence-electron chi connectivity index (χ3n) is 3.89.